The van der Waals surface area contributed by atoms with Crippen LogP contribution in [0.3, 0.4) is 0 Å². The van der Waals surface area contributed by atoms with Gasteiger partial charge in [-0.3, -0.25) is 4.40 Å². The van der Waals surface area contributed by atoms with Gasteiger partial charge in [-0.1, -0.05) is 12.1 Å². The Kier molecular flexibility index (Phi) is 6.35. The zero-order valence-electron chi connectivity index (χ0n) is 18.7. The van der Waals surface area contributed by atoms with Crippen molar-refractivity contribution in [1.29, 1.82) is 0 Å². The van der Waals surface area contributed by atoms with Crippen molar-refractivity contribution in [2.24, 2.45) is 11.7 Å². The van der Waals surface area contributed by atoms with Gasteiger partial charge in [0.25, 0.3) is 0 Å². The lowest BCUT2D eigenvalue weighted by Gasteiger charge is -2.26. The van der Waals surface area contributed by atoms with E-state index in [-0.39, 0.29) is 11.5 Å². The minimum absolute atomic E-state index is 0.186. The lowest BCUT2D eigenvalue weighted by molar-refractivity contribution is 0.338. The number of pyridine rings is 1. The van der Waals surface area contributed by atoms with Crippen molar-refractivity contribution >= 4 is 17.3 Å². The molecule has 1 aliphatic rings. The maximum Gasteiger partial charge on any atom is 0.223 e. The smallest absolute Gasteiger partial charge is 0.223 e. The number of nitrogens with zero attached hydrogens (tertiary/aromatic N) is 4. The highest BCUT2D eigenvalue weighted by atomic mass is 19.1. The molecule has 4 aromatic rings. The van der Waals surface area contributed by atoms with Crippen LogP contribution in [-0.4, -0.2) is 31.9 Å². The summed E-state index contributed by atoms with van der Waals surface area (Å²) in [5, 5.41) is 6.57. The van der Waals surface area contributed by atoms with Crippen molar-refractivity contribution in [3.05, 3.63) is 72.2 Å². The summed E-state index contributed by atoms with van der Waals surface area (Å²) in [5.41, 5.74) is 9.15. The minimum atomic E-state index is -0.513. The van der Waals surface area contributed by atoms with Gasteiger partial charge < -0.3 is 16.4 Å². The van der Waals surface area contributed by atoms with E-state index >= 15 is 0 Å². The fourth-order valence-corrected chi connectivity index (χ4v) is 4.33. The van der Waals surface area contributed by atoms with Crippen molar-refractivity contribution in [1.82, 2.24) is 19.4 Å². The summed E-state index contributed by atoms with van der Waals surface area (Å²) in [6, 6.07) is 10.4. The van der Waals surface area contributed by atoms with Crippen LogP contribution in [0.1, 0.15) is 31.2 Å². The summed E-state index contributed by atoms with van der Waals surface area (Å²) >= 11 is 0. The standard InChI is InChI=1S/C25H27F2N7/c26-18-5-1-16(2-6-18)11-29-20-9-10-23-30-14-22(34(23)15-20)24-21(27)13-32-25(33-24)31-12-17-3-7-19(28)8-4-17/h1-2,5-6,9-10,13-15,17,19,29H,3-4,7-8,11-12,28H2,(H,31,32,33). The number of fused-ring (bicyclic) bond motifs is 1. The van der Waals surface area contributed by atoms with Crippen molar-refractivity contribution in [2.75, 3.05) is 17.2 Å². The van der Waals surface area contributed by atoms with Gasteiger partial charge in [0.05, 0.1) is 23.8 Å². The number of imidazole rings is 1. The van der Waals surface area contributed by atoms with Gasteiger partial charge in [-0.25, -0.2) is 23.7 Å². The highest BCUT2D eigenvalue weighted by molar-refractivity contribution is 5.63. The van der Waals surface area contributed by atoms with Gasteiger partial charge in [0, 0.05) is 25.3 Å². The van der Waals surface area contributed by atoms with E-state index in [1.165, 1.54) is 18.3 Å². The zero-order chi connectivity index (χ0) is 23.5. The molecule has 0 radical (unpaired) electrons. The molecule has 0 bridgehead atoms. The number of nitrogens with one attached hydrogen (secondary N) is 2. The minimum Gasteiger partial charge on any atom is -0.380 e. The third-order valence-corrected chi connectivity index (χ3v) is 6.34. The van der Waals surface area contributed by atoms with Gasteiger partial charge >= 0.3 is 0 Å². The monoisotopic (exact) mass is 463 g/mol. The van der Waals surface area contributed by atoms with Gasteiger partial charge in [-0.2, -0.15) is 0 Å². The second-order valence-corrected chi connectivity index (χ2v) is 8.82. The first-order valence-electron chi connectivity index (χ1n) is 11.5. The molecule has 0 amide bonds. The molecule has 4 N–H and O–H groups in total. The molecule has 3 aromatic heterocycles. The Morgan fingerprint density at radius 2 is 1.74 bits per heavy atom. The first kappa shape index (κ1) is 22.2. The van der Waals surface area contributed by atoms with Gasteiger partial charge in [0.2, 0.25) is 5.95 Å². The van der Waals surface area contributed by atoms with E-state index in [2.05, 4.69) is 25.6 Å². The lowest BCUT2D eigenvalue weighted by atomic mass is 9.86. The fraction of sp³-hybridized carbons (Fsp3) is 0.320. The van der Waals surface area contributed by atoms with E-state index in [9.17, 15) is 8.78 Å². The molecule has 9 heteroatoms. The molecule has 0 unspecified atom stereocenters. The Morgan fingerprint density at radius 1 is 0.941 bits per heavy atom. The molecule has 0 aliphatic heterocycles. The first-order chi connectivity index (χ1) is 16.5. The summed E-state index contributed by atoms with van der Waals surface area (Å²) in [7, 11) is 0. The molecular weight excluding hydrogens is 436 g/mol. The summed E-state index contributed by atoms with van der Waals surface area (Å²) in [6.45, 7) is 1.26. The topological polar surface area (TPSA) is 93.2 Å². The molecule has 1 saturated carbocycles. The SMILES string of the molecule is NC1CCC(CNc2ncc(F)c(-c3cnc4ccc(NCc5ccc(F)cc5)cn34)n2)CC1. The Labute approximate surface area is 196 Å². The second-order valence-electron chi connectivity index (χ2n) is 8.82. The zero-order valence-corrected chi connectivity index (χ0v) is 18.7. The average molecular weight is 464 g/mol. The van der Waals surface area contributed by atoms with Crippen molar-refractivity contribution in [2.45, 2.75) is 38.3 Å². The molecule has 0 spiro atoms. The number of hydrogen-bond acceptors (Lipinski definition) is 6. The van der Waals surface area contributed by atoms with Crippen LogP contribution in [0, 0.1) is 17.6 Å². The predicted molar refractivity (Wildman–Crippen MR) is 128 cm³/mol. The second kappa shape index (κ2) is 9.72. The molecule has 5 rings (SSSR count). The highest BCUT2D eigenvalue weighted by Crippen LogP contribution is 2.26. The Morgan fingerprint density at radius 3 is 2.53 bits per heavy atom. The average Bonchev–Trinajstić information content (AvgIpc) is 3.27. The molecule has 3 heterocycles. The van der Waals surface area contributed by atoms with Crippen LogP contribution in [0.4, 0.5) is 20.4 Å². The lowest BCUT2D eigenvalue weighted by Crippen LogP contribution is -2.29. The Bertz CT molecular complexity index is 1260. The van der Waals surface area contributed by atoms with E-state index in [1.54, 1.807) is 22.7 Å². The number of halogens is 2. The van der Waals surface area contributed by atoms with E-state index in [0.29, 0.717) is 35.8 Å². The molecule has 1 aliphatic carbocycles. The van der Waals surface area contributed by atoms with Gasteiger partial charge in [0.1, 0.15) is 17.2 Å². The van der Waals surface area contributed by atoms with E-state index in [0.717, 1.165) is 43.5 Å². The summed E-state index contributed by atoms with van der Waals surface area (Å²) < 4.78 is 29.7. The Balaban J connectivity index is 1.34. The number of benzene rings is 1. The van der Waals surface area contributed by atoms with Crippen LogP contribution in [0.25, 0.3) is 17.0 Å². The largest absolute Gasteiger partial charge is 0.380 e. The van der Waals surface area contributed by atoms with Crippen molar-refractivity contribution in [3.8, 4) is 11.4 Å². The maximum atomic E-state index is 14.7. The van der Waals surface area contributed by atoms with Crippen LogP contribution in [-0.2, 0) is 6.54 Å². The number of aromatic nitrogens is 4. The number of rotatable bonds is 7. The van der Waals surface area contributed by atoms with Gasteiger partial charge in [-0.05, 0) is 61.4 Å². The maximum absolute atomic E-state index is 14.7. The number of nitrogens with two attached hydrogens (primary N) is 1. The van der Waals surface area contributed by atoms with E-state index < -0.39 is 5.82 Å². The molecule has 34 heavy (non-hydrogen) atoms. The quantitative estimate of drug-likeness (QED) is 0.371. The third kappa shape index (κ3) is 4.99. The molecular formula is C25H27F2N7. The number of anilines is 2. The van der Waals surface area contributed by atoms with E-state index in [1.807, 2.05) is 18.3 Å². The van der Waals surface area contributed by atoms with Crippen LogP contribution >= 0.6 is 0 Å². The number of hydrogen-bond donors (Lipinski definition) is 3. The molecule has 7 nitrogen and oxygen atoms in total. The van der Waals surface area contributed by atoms with Crippen LogP contribution < -0.4 is 16.4 Å². The summed E-state index contributed by atoms with van der Waals surface area (Å²) in [6.07, 6.45) is 8.85. The summed E-state index contributed by atoms with van der Waals surface area (Å²) in [4.78, 5) is 13.0. The van der Waals surface area contributed by atoms with Gasteiger partial charge in [-0.15, -0.1) is 0 Å². The molecule has 1 fully saturated rings. The first-order valence-corrected chi connectivity index (χ1v) is 11.5. The van der Waals surface area contributed by atoms with Crippen LogP contribution in [0.15, 0.2) is 55.0 Å². The van der Waals surface area contributed by atoms with Gasteiger partial charge in [0.15, 0.2) is 5.82 Å². The van der Waals surface area contributed by atoms with Crippen LogP contribution in [0.2, 0.25) is 0 Å². The van der Waals surface area contributed by atoms with E-state index in [4.69, 9.17) is 5.73 Å². The molecule has 1 aromatic carbocycles. The fourth-order valence-electron chi connectivity index (χ4n) is 4.33. The third-order valence-electron chi connectivity index (χ3n) is 6.34. The highest BCUT2D eigenvalue weighted by Gasteiger charge is 2.19. The van der Waals surface area contributed by atoms with Crippen molar-refractivity contribution in [3.63, 3.8) is 0 Å². The predicted octanol–water partition coefficient (Wildman–Crippen LogP) is 4.61. The van der Waals surface area contributed by atoms with Crippen molar-refractivity contribution < 1.29 is 8.78 Å². The summed E-state index contributed by atoms with van der Waals surface area (Å²) in [5.74, 6) is 0.131. The molecule has 0 atom stereocenters. The molecule has 0 saturated heterocycles. The van der Waals surface area contributed by atoms with Crippen LogP contribution in [0.5, 0.6) is 0 Å². The Hall–Kier alpha value is -3.59. The molecule has 176 valence electrons. The normalized spacial score (nSPS) is 18.2.